The summed E-state index contributed by atoms with van der Waals surface area (Å²) in [6.07, 6.45) is 1.90. The monoisotopic (exact) mass is 267 g/mol. The first kappa shape index (κ1) is 12.6. The Morgan fingerprint density at radius 3 is 2.60 bits per heavy atom. The van der Waals surface area contributed by atoms with Gasteiger partial charge < -0.3 is 11.1 Å². The number of pyridine rings is 1. The molecule has 0 atom stereocenters. The van der Waals surface area contributed by atoms with Crippen molar-refractivity contribution < 1.29 is 0 Å². The van der Waals surface area contributed by atoms with Gasteiger partial charge in [0.15, 0.2) is 5.65 Å². The summed E-state index contributed by atoms with van der Waals surface area (Å²) in [7, 11) is 0. The molecule has 0 bridgehead atoms. The van der Waals surface area contributed by atoms with Crippen molar-refractivity contribution >= 4 is 11.6 Å². The highest BCUT2D eigenvalue weighted by molar-refractivity contribution is 5.49. The minimum absolute atomic E-state index is 0.570. The molecule has 2 heterocycles. The van der Waals surface area contributed by atoms with E-state index in [2.05, 4.69) is 27.5 Å². The maximum Gasteiger partial charge on any atom is 0.243 e. The van der Waals surface area contributed by atoms with Crippen LogP contribution in [-0.4, -0.2) is 14.6 Å². The first-order chi connectivity index (χ1) is 9.76. The maximum absolute atomic E-state index is 5.58. The predicted octanol–water partition coefficient (Wildman–Crippen LogP) is 2.11. The third kappa shape index (κ3) is 2.48. The van der Waals surface area contributed by atoms with Gasteiger partial charge in [-0.15, -0.1) is 5.10 Å². The van der Waals surface area contributed by atoms with Crippen molar-refractivity contribution in [1.82, 2.24) is 14.6 Å². The fourth-order valence-corrected chi connectivity index (χ4v) is 2.09. The second kappa shape index (κ2) is 5.30. The largest absolute Gasteiger partial charge is 0.349 e. The van der Waals surface area contributed by atoms with Crippen LogP contribution in [0.15, 0.2) is 42.6 Å². The molecular weight excluding hydrogens is 250 g/mol. The van der Waals surface area contributed by atoms with Crippen molar-refractivity contribution in [2.45, 2.75) is 20.0 Å². The van der Waals surface area contributed by atoms with Gasteiger partial charge in [-0.2, -0.15) is 4.98 Å². The Morgan fingerprint density at radius 1 is 1.15 bits per heavy atom. The molecule has 0 amide bonds. The van der Waals surface area contributed by atoms with Crippen molar-refractivity contribution in [3.05, 3.63) is 59.3 Å². The van der Waals surface area contributed by atoms with Crippen LogP contribution in [0.3, 0.4) is 0 Å². The maximum atomic E-state index is 5.58. The summed E-state index contributed by atoms with van der Waals surface area (Å²) in [5.74, 6) is 0.641. The minimum atomic E-state index is 0.570. The molecule has 3 rings (SSSR count). The topological polar surface area (TPSA) is 68.2 Å². The van der Waals surface area contributed by atoms with Gasteiger partial charge in [-0.1, -0.05) is 30.3 Å². The molecule has 0 aliphatic heterocycles. The van der Waals surface area contributed by atoms with E-state index >= 15 is 0 Å². The molecule has 0 unspecified atom stereocenters. The van der Waals surface area contributed by atoms with Crippen LogP contribution in [0.4, 0.5) is 5.95 Å². The zero-order chi connectivity index (χ0) is 13.9. The van der Waals surface area contributed by atoms with E-state index in [1.54, 1.807) is 4.52 Å². The summed E-state index contributed by atoms with van der Waals surface area (Å²) in [5.41, 5.74) is 9.89. The van der Waals surface area contributed by atoms with Gasteiger partial charge >= 0.3 is 0 Å². The lowest BCUT2D eigenvalue weighted by molar-refractivity contribution is 0.946. The SMILES string of the molecule is Cc1cccn2nc(NCc3ccc(CN)cc3)nc12. The highest BCUT2D eigenvalue weighted by atomic mass is 15.3. The number of aromatic nitrogens is 3. The third-order valence-electron chi connectivity index (χ3n) is 3.27. The zero-order valence-electron chi connectivity index (χ0n) is 11.4. The highest BCUT2D eigenvalue weighted by Gasteiger charge is 2.04. The molecule has 0 spiro atoms. The third-order valence-corrected chi connectivity index (χ3v) is 3.27. The smallest absolute Gasteiger partial charge is 0.243 e. The number of hydrogen-bond acceptors (Lipinski definition) is 4. The number of nitrogens with zero attached hydrogens (tertiary/aromatic N) is 3. The lowest BCUT2D eigenvalue weighted by Gasteiger charge is -2.03. The van der Waals surface area contributed by atoms with Gasteiger partial charge in [-0.25, -0.2) is 4.52 Å². The van der Waals surface area contributed by atoms with E-state index in [0.29, 0.717) is 19.0 Å². The van der Waals surface area contributed by atoms with Gasteiger partial charge in [-0.05, 0) is 29.7 Å². The molecule has 20 heavy (non-hydrogen) atoms. The van der Waals surface area contributed by atoms with E-state index in [0.717, 1.165) is 16.8 Å². The molecule has 0 saturated carbocycles. The Labute approximate surface area is 117 Å². The molecule has 3 N–H and O–H groups in total. The Bertz CT molecular complexity index is 715. The van der Waals surface area contributed by atoms with Crippen LogP contribution in [0.1, 0.15) is 16.7 Å². The lowest BCUT2D eigenvalue weighted by Crippen LogP contribution is -2.02. The molecule has 0 fully saturated rings. The number of rotatable bonds is 4. The lowest BCUT2D eigenvalue weighted by atomic mass is 10.1. The molecule has 0 radical (unpaired) electrons. The molecule has 2 aromatic heterocycles. The Balaban J connectivity index is 1.74. The van der Waals surface area contributed by atoms with Crippen molar-refractivity contribution in [1.29, 1.82) is 0 Å². The molecule has 102 valence electrons. The summed E-state index contributed by atoms with van der Waals surface area (Å²) >= 11 is 0. The Morgan fingerprint density at radius 2 is 1.90 bits per heavy atom. The average Bonchev–Trinajstić information content (AvgIpc) is 2.90. The Kier molecular flexibility index (Phi) is 3.35. The molecule has 1 aromatic carbocycles. The van der Waals surface area contributed by atoms with E-state index in [-0.39, 0.29) is 0 Å². The first-order valence-corrected chi connectivity index (χ1v) is 6.60. The summed E-state index contributed by atoms with van der Waals surface area (Å²) < 4.78 is 1.79. The van der Waals surface area contributed by atoms with Crippen LogP contribution >= 0.6 is 0 Å². The van der Waals surface area contributed by atoms with E-state index < -0.39 is 0 Å². The molecule has 5 heteroatoms. The standard InChI is InChI=1S/C15H17N5/c1-11-3-2-8-20-14(11)18-15(19-20)17-10-13-6-4-12(9-16)5-7-13/h2-8H,9-10,16H2,1H3,(H,17,19). The van der Waals surface area contributed by atoms with Gasteiger partial charge in [0.05, 0.1) is 0 Å². The van der Waals surface area contributed by atoms with Gasteiger partial charge in [0.1, 0.15) is 0 Å². The average molecular weight is 267 g/mol. The van der Waals surface area contributed by atoms with Crippen LogP contribution in [-0.2, 0) is 13.1 Å². The van der Waals surface area contributed by atoms with E-state index in [4.69, 9.17) is 5.73 Å². The van der Waals surface area contributed by atoms with Gasteiger partial charge in [0, 0.05) is 19.3 Å². The zero-order valence-corrected chi connectivity index (χ0v) is 11.4. The highest BCUT2D eigenvalue weighted by Crippen LogP contribution is 2.11. The van der Waals surface area contributed by atoms with E-state index in [9.17, 15) is 0 Å². The fraction of sp³-hybridized carbons (Fsp3) is 0.200. The second-order valence-electron chi connectivity index (χ2n) is 4.77. The van der Waals surface area contributed by atoms with Crippen molar-refractivity contribution in [3.63, 3.8) is 0 Å². The van der Waals surface area contributed by atoms with Gasteiger partial charge in [-0.3, -0.25) is 0 Å². The predicted molar refractivity (Wildman–Crippen MR) is 79.4 cm³/mol. The summed E-state index contributed by atoms with van der Waals surface area (Å²) in [6, 6.07) is 12.2. The quantitative estimate of drug-likeness (QED) is 0.759. The number of benzene rings is 1. The van der Waals surface area contributed by atoms with E-state index in [1.165, 1.54) is 5.56 Å². The van der Waals surface area contributed by atoms with Gasteiger partial charge in [0.2, 0.25) is 5.95 Å². The summed E-state index contributed by atoms with van der Waals surface area (Å²) in [5, 5.41) is 7.64. The van der Waals surface area contributed by atoms with Crippen LogP contribution in [0.25, 0.3) is 5.65 Å². The second-order valence-corrected chi connectivity index (χ2v) is 4.77. The van der Waals surface area contributed by atoms with Crippen LogP contribution in [0.2, 0.25) is 0 Å². The number of fused-ring (bicyclic) bond motifs is 1. The summed E-state index contributed by atoms with van der Waals surface area (Å²) in [4.78, 5) is 4.48. The van der Waals surface area contributed by atoms with Gasteiger partial charge in [0.25, 0.3) is 0 Å². The molecule has 5 nitrogen and oxygen atoms in total. The normalized spacial score (nSPS) is 10.9. The minimum Gasteiger partial charge on any atom is -0.349 e. The molecular formula is C15H17N5. The van der Waals surface area contributed by atoms with Crippen LogP contribution in [0, 0.1) is 6.92 Å². The number of hydrogen-bond donors (Lipinski definition) is 2. The first-order valence-electron chi connectivity index (χ1n) is 6.60. The van der Waals surface area contributed by atoms with Crippen LogP contribution in [0.5, 0.6) is 0 Å². The number of nitrogens with one attached hydrogen (secondary N) is 1. The summed E-state index contributed by atoms with van der Waals surface area (Å²) in [6.45, 7) is 3.29. The Hall–Kier alpha value is -2.40. The van der Waals surface area contributed by atoms with E-state index in [1.807, 2.05) is 37.4 Å². The van der Waals surface area contributed by atoms with Crippen molar-refractivity contribution in [3.8, 4) is 0 Å². The molecule has 3 aromatic rings. The molecule has 0 saturated heterocycles. The number of aryl methyl sites for hydroxylation is 1. The number of anilines is 1. The molecule has 0 aliphatic carbocycles. The van der Waals surface area contributed by atoms with Crippen LogP contribution < -0.4 is 11.1 Å². The fourth-order valence-electron chi connectivity index (χ4n) is 2.09. The number of nitrogens with two attached hydrogens (primary N) is 1. The van der Waals surface area contributed by atoms with Crippen molar-refractivity contribution in [2.24, 2.45) is 5.73 Å². The van der Waals surface area contributed by atoms with Crippen molar-refractivity contribution in [2.75, 3.05) is 5.32 Å². The molecule has 0 aliphatic rings.